The van der Waals surface area contributed by atoms with Gasteiger partial charge in [0.2, 0.25) is 0 Å². The lowest BCUT2D eigenvalue weighted by Crippen LogP contribution is -1.73. The van der Waals surface area contributed by atoms with Crippen LogP contribution in [0.4, 0.5) is 0 Å². The van der Waals surface area contributed by atoms with Crippen LogP contribution in [0.15, 0.2) is 22.7 Å². The number of alkyl halides is 1. The molecule has 68 valence electrons. The topological polar surface area (TPSA) is 20.2 Å². The average Bonchev–Trinajstić information content (AvgIpc) is 2.39. The van der Waals surface area contributed by atoms with Gasteiger partial charge in [0.1, 0.15) is 0 Å². The summed E-state index contributed by atoms with van der Waals surface area (Å²) < 4.78 is 2.16. The molecule has 1 N–H and O–H groups in total. The Morgan fingerprint density at radius 2 is 2.15 bits per heavy atom. The Bertz CT molecular complexity index is 450. The maximum absolute atomic E-state index is 9.60. The van der Waals surface area contributed by atoms with Crippen molar-refractivity contribution < 1.29 is 5.11 Å². The summed E-state index contributed by atoms with van der Waals surface area (Å²) in [6.45, 7) is 0. The Labute approximate surface area is 96.6 Å². The number of halogens is 2. The van der Waals surface area contributed by atoms with E-state index in [1.54, 1.807) is 0 Å². The highest BCUT2D eigenvalue weighted by atomic mass is 79.9. The van der Waals surface area contributed by atoms with Crippen LogP contribution < -0.4 is 0 Å². The van der Waals surface area contributed by atoms with Crippen molar-refractivity contribution in [2.45, 2.75) is 5.33 Å². The minimum absolute atomic E-state index is 0.407. The summed E-state index contributed by atoms with van der Waals surface area (Å²) >= 11 is 8.18. The zero-order chi connectivity index (χ0) is 9.42. The molecule has 0 amide bonds. The summed E-state index contributed by atoms with van der Waals surface area (Å²) in [5.74, 6) is 0. The molecule has 4 heteroatoms. The molecule has 0 aliphatic heterocycles. The molecule has 1 aromatic carbocycles. The fraction of sp³-hybridized carbons (Fsp3) is 0.111. The predicted octanol–water partition coefficient (Wildman–Crippen LogP) is 4.26. The molecule has 1 nitrogen and oxygen atoms in total. The molecule has 0 unspecified atom stereocenters. The van der Waals surface area contributed by atoms with Gasteiger partial charge in [-0.1, -0.05) is 49.3 Å². The summed E-state index contributed by atoms with van der Waals surface area (Å²) in [6.07, 6.45) is 0. The van der Waals surface area contributed by atoms with Crippen LogP contribution in [0.25, 0.3) is 10.1 Å². The van der Waals surface area contributed by atoms with Crippen LogP contribution in [0.3, 0.4) is 0 Å². The summed E-state index contributed by atoms with van der Waals surface area (Å²) in [6, 6.07) is 6.03. The van der Waals surface area contributed by atoms with Gasteiger partial charge in [-0.3, -0.25) is 0 Å². The highest BCUT2D eigenvalue weighted by molar-refractivity contribution is 9.10. The van der Waals surface area contributed by atoms with E-state index in [1.807, 2.05) is 18.2 Å². The molecule has 0 aliphatic carbocycles. The third kappa shape index (κ3) is 1.63. The standard InChI is InChI=1S/C9H6Br2OS/c10-4-7-6-2-1-5(11)3-8(6)13-9(7)12/h1-3,12H,4H2. The Morgan fingerprint density at radius 1 is 1.38 bits per heavy atom. The number of fused-ring (bicyclic) bond motifs is 1. The van der Waals surface area contributed by atoms with Gasteiger partial charge >= 0.3 is 0 Å². The van der Waals surface area contributed by atoms with Crippen molar-refractivity contribution in [1.29, 1.82) is 0 Å². The minimum atomic E-state index is 0.407. The Hall–Kier alpha value is -0.0600. The first kappa shape index (κ1) is 9.49. The molecule has 0 aliphatic rings. The normalized spacial score (nSPS) is 10.9. The van der Waals surface area contributed by atoms with Crippen LogP contribution >= 0.6 is 43.2 Å². The van der Waals surface area contributed by atoms with Gasteiger partial charge in [-0.2, -0.15) is 0 Å². The lowest BCUT2D eigenvalue weighted by molar-refractivity contribution is 0.487. The van der Waals surface area contributed by atoms with Crippen LogP contribution in [0, 0.1) is 0 Å². The van der Waals surface area contributed by atoms with Gasteiger partial charge in [0, 0.05) is 25.5 Å². The first-order chi connectivity index (χ1) is 6.22. The summed E-state index contributed by atoms with van der Waals surface area (Å²) in [7, 11) is 0. The quantitative estimate of drug-likeness (QED) is 0.778. The van der Waals surface area contributed by atoms with Crippen LogP contribution in [0.1, 0.15) is 5.56 Å². The molecule has 2 aromatic rings. The van der Waals surface area contributed by atoms with Crippen LogP contribution in [-0.4, -0.2) is 5.11 Å². The Kier molecular flexibility index (Phi) is 2.62. The third-order valence-electron chi connectivity index (χ3n) is 1.87. The van der Waals surface area contributed by atoms with Crippen molar-refractivity contribution in [3.63, 3.8) is 0 Å². The van der Waals surface area contributed by atoms with E-state index in [4.69, 9.17) is 0 Å². The predicted molar refractivity (Wildman–Crippen MR) is 63.8 cm³/mol. The molecule has 2 rings (SSSR count). The lowest BCUT2D eigenvalue weighted by atomic mass is 10.2. The number of thiophene rings is 1. The number of rotatable bonds is 1. The third-order valence-corrected chi connectivity index (χ3v) is 3.92. The van der Waals surface area contributed by atoms with E-state index in [0.717, 1.165) is 20.1 Å². The van der Waals surface area contributed by atoms with E-state index in [0.29, 0.717) is 10.4 Å². The molecule has 0 fully saturated rings. The molecule has 1 heterocycles. The number of hydrogen-bond acceptors (Lipinski definition) is 2. The fourth-order valence-electron chi connectivity index (χ4n) is 1.24. The Morgan fingerprint density at radius 3 is 2.85 bits per heavy atom. The van der Waals surface area contributed by atoms with E-state index in [2.05, 4.69) is 31.9 Å². The highest BCUT2D eigenvalue weighted by Crippen LogP contribution is 2.38. The molecule has 0 radical (unpaired) electrons. The van der Waals surface area contributed by atoms with E-state index >= 15 is 0 Å². The van der Waals surface area contributed by atoms with Gasteiger partial charge in [-0.15, -0.1) is 0 Å². The fourth-order valence-corrected chi connectivity index (χ4v) is 3.51. The van der Waals surface area contributed by atoms with Crippen molar-refractivity contribution in [3.8, 4) is 5.06 Å². The molecular formula is C9H6Br2OS. The van der Waals surface area contributed by atoms with Gasteiger partial charge < -0.3 is 5.11 Å². The van der Waals surface area contributed by atoms with Crippen LogP contribution in [0.5, 0.6) is 5.06 Å². The second-order valence-electron chi connectivity index (χ2n) is 2.66. The van der Waals surface area contributed by atoms with Crippen molar-refractivity contribution in [2.24, 2.45) is 0 Å². The molecule has 0 atom stereocenters. The van der Waals surface area contributed by atoms with Crippen molar-refractivity contribution in [3.05, 3.63) is 28.2 Å². The van der Waals surface area contributed by atoms with Gasteiger partial charge in [-0.25, -0.2) is 0 Å². The first-order valence-corrected chi connectivity index (χ1v) is 6.41. The molecule has 0 bridgehead atoms. The summed E-state index contributed by atoms with van der Waals surface area (Å²) in [4.78, 5) is 0. The number of benzene rings is 1. The van der Waals surface area contributed by atoms with Gasteiger partial charge in [0.25, 0.3) is 0 Å². The monoisotopic (exact) mass is 320 g/mol. The van der Waals surface area contributed by atoms with E-state index in [9.17, 15) is 5.11 Å². The zero-order valence-electron chi connectivity index (χ0n) is 6.55. The molecule has 0 spiro atoms. The van der Waals surface area contributed by atoms with E-state index in [1.165, 1.54) is 11.3 Å². The first-order valence-electron chi connectivity index (χ1n) is 3.68. The molecule has 1 aromatic heterocycles. The van der Waals surface area contributed by atoms with Gasteiger partial charge in [-0.05, 0) is 12.1 Å². The molecule has 0 saturated carbocycles. The minimum Gasteiger partial charge on any atom is -0.499 e. The highest BCUT2D eigenvalue weighted by Gasteiger charge is 2.09. The summed E-state index contributed by atoms with van der Waals surface area (Å²) in [5, 5.41) is 11.8. The van der Waals surface area contributed by atoms with Crippen LogP contribution in [-0.2, 0) is 5.33 Å². The molecule has 0 saturated heterocycles. The average molecular weight is 322 g/mol. The second kappa shape index (κ2) is 3.59. The SMILES string of the molecule is Oc1sc2cc(Br)ccc2c1CBr. The number of aromatic hydroxyl groups is 1. The lowest BCUT2D eigenvalue weighted by Gasteiger charge is -1.93. The Balaban J connectivity index is 2.79. The second-order valence-corrected chi connectivity index (χ2v) is 5.17. The number of hydrogen-bond donors (Lipinski definition) is 1. The van der Waals surface area contributed by atoms with Crippen molar-refractivity contribution in [1.82, 2.24) is 0 Å². The van der Waals surface area contributed by atoms with E-state index in [-0.39, 0.29) is 0 Å². The smallest absolute Gasteiger partial charge is 0.176 e. The molecular weight excluding hydrogens is 316 g/mol. The van der Waals surface area contributed by atoms with Gasteiger partial charge in [0.05, 0.1) is 0 Å². The van der Waals surface area contributed by atoms with Crippen molar-refractivity contribution >= 4 is 53.3 Å². The maximum atomic E-state index is 9.60. The molecule has 13 heavy (non-hydrogen) atoms. The van der Waals surface area contributed by atoms with Crippen LogP contribution in [0.2, 0.25) is 0 Å². The zero-order valence-corrected chi connectivity index (χ0v) is 10.5. The van der Waals surface area contributed by atoms with Crippen molar-refractivity contribution in [2.75, 3.05) is 0 Å². The maximum Gasteiger partial charge on any atom is 0.176 e. The van der Waals surface area contributed by atoms with Gasteiger partial charge in [0.15, 0.2) is 5.06 Å². The largest absolute Gasteiger partial charge is 0.499 e. The summed E-state index contributed by atoms with van der Waals surface area (Å²) in [5.41, 5.74) is 0.979. The van der Waals surface area contributed by atoms with E-state index < -0.39 is 0 Å².